The molecule has 1 saturated heterocycles. The van der Waals surface area contributed by atoms with Crippen molar-refractivity contribution in [3.8, 4) is 5.75 Å². The Morgan fingerprint density at radius 1 is 1.34 bits per heavy atom. The summed E-state index contributed by atoms with van der Waals surface area (Å²) in [5.74, 6) is 1.33. The molecule has 29 heavy (non-hydrogen) atoms. The summed E-state index contributed by atoms with van der Waals surface area (Å²) in [7, 11) is 1.74. The molecule has 1 aromatic carbocycles. The van der Waals surface area contributed by atoms with E-state index in [1.54, 1.807) is 25.4 Å². The summed E-state index contributed by atoms with van der Waals surface area (Å²) >= 11 is 0. The number of benzene rings is 1. The lowest BCUT2D eigenvalue weighted by Crippen LogP contribution is -2.46. The third-order valence-corrected chi connectivity index (χ3v) is 4.85. The molecule has 1 aliphatic rings. The minimum atomic E-state index is -2.83. The first-order valence-corrected chi connectivity index (χ1v) is 9.78. The van der Waals surface area contributed by atoms with Crippen molar-refractivity contribution in [2.24, 2.45) is 10.9 Å². The molecular weight excluding hydrogens is 378 g/mol. The Labute approximate surface area is 169 Å². The van der Waals surface area contributed by atoms with Gasteiger partial charge in [-0.05, 0) is 30.5 Å². The van der Waals surface area contributed by atoms with E-state index in [9.17, 15) is 8.78 Å². The Kier molecular flexibility index (Phi) is 7.26. The maximum absolute atomic E-state index is 12.7. The average molecular weight is 406 g/mol. The van der Waals surface area contributed by atoms with Gasteiger partial charge in [-0.2, -0.15) is 13.9 Å². The first kappa shape index (κ1) is 20.9. The van der Waals surface area contributed by atoms with Crippen LogP contribution in [0.1, 0.15) is 13.3 Å². The van der Waals surface area contributed by atoms with Crippen molar-refractivity contribution in [2.45, 2.75) is 32.5 Å². The number of alkyl halides is 2. The lowest BCUT2D eigenvalue weighted by atomic mass is 10.2. The van der Waals surface area contributed by atoms with Crippen molar-refractivity contribution in [1.82, 2.24) is 20.4 Å². The van der Waals surface area contributed by atoms with E-state index in [0.29, 0.717) is 18.2 Å². The number of nitrogens with zero attached hydrogens (tertiary/aromatic N) is 4. The summed E-state index contributed by atoms with van der Waals surface area (Å²) in [6, 6.07) is 8.99. The third kappa shape index (κ3) is 6.07. The molecule has 1 fully saturated rings. The molecule has 2 unspecified atom stereocenters. The Hall–Kier alpha value is -2.84. The molecule has 9 heteroatoms. The van der Waals surface area contributed by atoms with Crippen molar-refractivity contribution in [2.75, 3.05) is 31.6 Å². The van der Waals surface area contributed by atoms with Gasteiger partial charge < -0.3 is 20.3 Å². The zero-order valence-electron chi connectivity index (χ0n) is 16.8. The average Bonchev–Trinajstić information content (AvgIpc) is 3.37. The standard InChI is InChI=1S/C20H28F2N6O/c1-15(13-28-10-5-9-25-28)12-24-20(23-2)26-16-8-11-27(14-16)17-6-3-4-7-18(17)29-19(21)22/h3-7,9-10,15-16,19H,8,11-14H2,1-2H3,(H2,23,24,26). The molecule has 1 aromatic heterocycles. The highest BCUT2D eigenvalue weighted by Crippen LogP contribution is 2.31. The van der Waals surface area contributed by atoms with Gasteiger partial charge in [-0.1, -0.05) is 19.1 Å². The quantitative estimate of drug-likeness (QED) is 0.521. The predicted octanol–water partition coefficient (Wildman–Crippen LogP) is 2.56. The number of hydrogen-bond acceptors (Lipinski definition) is 4. The van der Waals surface area contributed by atoms with Gasteiger partial charge in [0.15, 0.2) is 5.96 Å². The number of para-hydroxylation sites is 2. The van der Waals surface area contributed by atoms with Gasteiger partial charge >= 0.3 is 6.61 Å². The van der Waals surface area contributed by atoms with Gasteiger partial charge in [0.25, 0.3) is 0 Å². The molecule has 3 rings (SSSR count). The SMILES string of the molecule is CN=C(NCC(C)Cn1cccn1)NC1CCN(c2ccccc2OC(F)F)C1. The van der Waals surface area contributed by atoms with Crippen LogP contribution in [0.4, 0.5) is 14.5 Å². The van der Waals surface area contributed by atoms with E-state index in [0.717, 1.165) is 32.0 Å². The van der Waals surface area contributed by atoms with Crippen LogP contribution in [-0.2, 0) is 6.54 Å². The van der Waals surface area contributed by atoms with E-state index in [1.165, 1.54) is 0 Å². The molecule has 0 aliphatic carbocycles. The molecule has 2 aromatic rings. The van der Waals surface area contributed by atoms with Crippen LogP contribution in [0.15, 0.2) is 47.7 Å². The fourth-order valence-electron chi connectivity index (χ4n) is 3.46. The van der Waals surface area contributed by atoms with Gasteiger partial charge in [-0.15, -0.1) is 0 Å². The largest absolute Gasteiger partial charge is 0.433 e. The predicted molar refractivity (Wildman–Crippen MR) is 110 cm³/mol. The maximum Gasteiger partial charge on any atom is 0.387 e. The highest BCUT2D eigenvalue weighted by atomic mass is 19.3. The number of halogens is 2. The maximum atomic E-state index is 12.7. The van der Waals surface area contributed by atoms with Crippen molar-refractivity contribution in [3.63, 3.8) is 0 Å². The number of anilines is 1. The normalized spacial score (nSPS) is 18.2. The van der Waals surface area contributed by atoms with Crippen LogP contribution in [0.5, 0.6) is 5.75 Å². The van der Waals surface area contributed by atoms with Crippen molar-refractivity contribution >= 4 is 11.6 Å². The minimum absolute atomic E-state index is 0.169. The van der Waals surface area contributed by atoms with Gasteiger partial charge in [0, 0.05) is 51.7 Å². The third-order valence-electron chi connectivity index (χ3n) is 4.85. The Balaban J connectivity index is 1.49. The highest BCUT2D eigenvalue weighted by Gasteiger charge is 2.26. The molecule has 0 saturated carbocycles. The second-order valence-electron chi connectivity index (χ2n) is 7.21. The first-order valence-electron chi connectivity index (χ1n) is 9.78. The van der Waals surface area contributed by atoms with Crippen molar-refractivity contribution < 1.29 is 13.5 Å². The Morgan fingerprint density at radius 3 is 2.90 bits per heavy atom. The molecule has 0 spiro atoms. The van der Waals surface area contributed by atoms with E-state index in [4.69, 9.17) is 0 Å². The second-order valence-corrected chi connectivity index (χ2v) is 7.21. The summed E-state index contributed by atoms with van der Waals surface area (Å²) in [6.45, 7) is 2.36. The molecule has 158 valence electrons. The molecule has 2 atom stereocenters. The van der Waals surface area contributed by atoms with Crippen LogP contribution in [0.3, 0.4) is 0 Å². The topological polar surface area (TPSA) is 66.7 Å². The summed E-state index contributed by atoms with van der Waals surface area (Å²) in [5, 5.41) is 11.0. The van der Waals surface area contributed by atoms with E-state index in [2.05, 4.69) is 37.3 Å². The monoisotopic (exact) mass is 406 g/mol. The lowest BCUT2D eigenvalue weighted by Gasteiger charge is -2.23. The smallest absolute Gasteiger partial charge is 0.387 e. The summed E-state index contributed by atoms with van der Waals surface area (Å²) < 4.78 is 31.9. The summed E-state index contributed by atoms with van der Waals surface area (Å²) in [4.78, 5) is 6.36. The van der Waals surface area contributed by atoms with E-state index < -0.39 is 6.61 Å². The zero-order chi connectivity index (χ0) is 20.6. The molecule has 0 amide bonds. The zero-order valence-corrected chi connectivity index (χ0v) is 16.8. The molecule has 2 N–H and O–H groups in total. The number of nitrogens with one attached hydrogen (secondary N) is 2. The molecule has 0 radical (unpaired) electrons. The van der Waals surface area contributed by atoms with Gasteiger partial charge in [0.1, 0.15) is 5.75 Å². The van der Waals surface area contributed by atoms with E-state index in [-0.39, 0.29) is 11.8 Å². The number of aliphatic imine (C=N–C) groups is 1. The van der Waals surface area contributed by atoms with Crippen molar-refractivity contribution in [3.05, 3.63) is 42.7 Å². The second kappa shape index (κ2) is 10.1. The van der Waals surface area contributed by atoms with Crippen LogP contribution in [0.2, 0.25) is 0 Å². The molecule has 1 aliphatic heterocycles. The van der Waals surface area contributed by atoms with Crippen LogP contribution in [0.25, 0.3) is 0 Å². The van der Waals surface area contributed by atoms with Crippen LogP contribution in [0, 0.1) is 5.92 Å². The number of rotatable bonds is 8. The Morgan fingerprint density at radius 2 is 2.17 bits per heavy atom. The highest BCUT2D eigenvalue weighted by molar-refractivity contribution is 5.80. The van der Waals surface area contributed by atoms with Crippen LogP contribution in [-0.4, -0.2) is 55.1 Å². The van der Waals surface area contributed by atoms with Gasteiger partial charge in [-0.25, -0.2) is 0 Å². The van der Waals surface area contributed by atoms with Gasteiger partial charge in [-0.3, -0.25) is 9.67 Å². The number of guanidine groups is 1. The molecule has 7 nitrogen and oxygen atoms in total. The number of aromatic nitrogens is 2. The fraction of sp³-hybridized carbons (Fsp3) is 0.500. The first-order chi connectivity index (χ1) is 14.0. The van der Waals surface area contributed by atoms with E-state index in [1.807, 2.05) is 29.1 Å². The summed E-state index contributed by atoms with van der Waals surface area (Å²) in [6.07, 6.45) is 4.61. The molecule has 0 bridgehead atoms. The van der Waals surface area contributed by atoms with E-state index >= 15 is 0 Å². The molecular formula is C20H28F2N6O. The Bertz CT molecular complexity index is 783. The molecule has 2 heterocycles. The minimum Gasteiger partial charge on any atom is -0.433 e. The van der Waals surface area contributed by atoms with Gasteiger partial charge in [0.2, 0.25) is 0 Å². The van der Waals surface area contributed by atoms with Crippen LogP contribution >= 0.6 is 0 Å². The number of hydrogen-bond donors (Lipinski definition) is 2. The van der Waals surface area contributed by atoms with Crippen molar-refractivity contribution in [1.29, 1.82) is 0 Å². The van der Waals surface area contributed by atoms with Gasteiger partial charge in [0.05, 0.1) is 5.69 Å². The van der Waals surface area contributed by atoms with Crippen LogP contribution < -0.4 is 20.3 Å². The lowest BCUT2D eigenvalue weighted by molar-refractivity contribution is -0.0495. The summed E-state index contributed by atoms with van der Waals surface area (Å²) in [5.41, 5.74) is 0.688. The fourth-order valence-corrected chi connectivity index (χ4v) is 3.46. The number of ether oxygens (including phenoxy) is 1.